The van der Waals surface area contributed by atoms with Crippen LogP contribution >= 0.6 is 22.9 Å². The second-order valence-corrected chi connectivity index (χ2v) is 7.92. The molecule has 0 aromatic carbocycles. The zero-order valence-corrected chi connectivity index (χ0v) is 17.8. The van der Waals surface area contributed by atoms with Gasteiger partial charge in [0.15, 0.2) is 0 Å². The Hall–Kier alpha value is -3.04. The molecule has 0 saturated carbocycles. The molecule has 2 amide bonds. The molecule has 1 unspecified atom stereocenters. The Morgan fingerprint density at radius 2 is 2.07 bits per heavy atom. The van der Waals surface area contributed by atoms with Crippen LogP contribution in [0.2, 0.25) is 4.34 Å². The molecule has 2 aromatic heterocycles. The molecule has 0 saturated heterocycles. The molecule has 10 heteroatoms. The quantitative estimate of drug-likeness (QED) is 0.491. The van der Waals surface area contributed by atoms with Crippen molar-refractivity contribution in [2.24, 2.45) is 0 Å². The number of carbonyl (C=O) groups excluding carboxylic acids is 3. The molecule has 30 heavy (non-hydrogen) atoms. The topological polar surface area (TPSA) is 107 Å². The molecule has 1 aliphatic rings. The zero-order valence-electron chi connectivity index (χ0n) is 16.2. The molecular formula is C20H19ClN2O6S. The van der Waals surface area contributed by atoms with Crippen molar-refractivity contribution in [1.82, 2.24) is 10.6 Å². The summed E-state index contributed by atoms with van der Waals surface area (Å²) in [5.41, 5.74) is 0.227. The monoisotopic (exact) mass is 450 g/mol. The van der Waals surface area contributed by atoms with Crippen LogP contribution in [0.4, 0.5) is 4.79 Å². The summed E-state index contributed by atoms with van der Waals surface area (Å²) in [6, 6.07) is 5.42. The summed E-state index contributed by atoms with van der Waals surface area (Å²) in [6.07, 6.45) is 2.80. The van der Waals surface area contributed by atoms with Gasteiger partial charge in [-0.1, -0.05) is 11.6 Å². The van der Waals surface area contributed by atoms with E-state index in [1.54, 1.807) is 44.2 Å². The summed E-state index contributed by atoms with van der Waals surface area (Å²) in [5.74, 6) is -0.316. The number of esters is 2. The predicted molar refractivity (Wildman–Crippen MR) is 111 cm³/mol. The lowest BCUT2D eigenvalue weighted by molar-refractivity contribution is -0.140. The highest BCUT2D eigenvalue weighted by atomic mass is 35.5. The molecule has 1 aliphatic heterocycles. The average Bonchev–Trinajstić information content (AvgIpc) is 3.32. The average molecular weight is 451 g/mol. The first kappa shape index (κ1) is 21.7. The van der Waals surface area contributed by atoms with Crippen molar-refractivity contribution in [3.8, 4) is 0 Å². The Kier molecular flexibility index (Phi) is 6.96. The van der Waals surface area contributed by atoms with E-state index in [4.69, 9.17) is 25.5 Å². The maximum absolute atomic E-state index is 12.6. The number of rotatable bonds is 7. The van der Waals surface area contributed by atoms with Gasteiger partial charge in [0, 0.05) is 11.0 Å². The van der Waals surface area contributed by atoms with E-state index in [2.05, 4.69) is 10.6 Å². The molecule has 0 aliphatic carbocycles. The van der Waals surface area contributed by atoms with Crippen LogP contribution in [0.3, 0.4) is 0 Å². The van der Waals surface area contributed by atoms with E-state index in [9.17, 15) is 14.4 Å². The fraction of sp³-hybridized carbons (Fsp3) is 0.250. The van der Waals surface area contributed by atoms with Gasteiger partial charge in [0.25, 0.3) is 0 Å². The summed E-state index contributed by atoms with van der Waals surface area (Å²) in [6.45, 7) is 3.22. The third kappa shape index (κ3) is 5.31. The van der Waals surface area contributed by atoms with E-state index in [1.165, 1.54) is 17.4 Å². The van der Waals surface area contributed by atoms with Gasteiger partial charge in [-0.15, -0.1) is 11.3 Å². The van der Waals surface area contributed by atoms with Crippen molar-refractivity contribution < 1.29 is 28.3 Å². The van der Waals surface area contributed by atoms with Crippen LogP contribution < -0.4 is 10.6 Å². The van der Waals surface area contributed by atoms with E-state index in [0.717, 1.165) is 4.88 Å². The molecule has 2 N–H and O–H groups in total. The first-order valence-electron chi connectivity index (χ1n) is 9.01. The van der Waals surface area contributed by atoms with Gasteiger partial charge in [0.1, 0.15) is 24.2 Å². The third-order valence-corrected chi connectivity index (χ3v) is 5.23. The van der Waals surface area contributed by atoms with Crippen LogP contribution in [-0.2, 0) is 19.1 Å². The number of ether oxygens (including phenoxy) is 2. The molecule has 1 atom stereocenters. The Balaban J connectivity index is 1.81. The fourth-order valence-corrected chi connectivity index (χ4v) is 3.73. The smallest absolute Gasteiger partial charge is 0.338 e. The van der Waals surface area contributed by atoms with Crippen molar-refractivity contribution in [1.29, 1.82) is 0 Å². The van der Waals surface area contributed by atoms with Crippen molar-refractivity contribution in [3.05, 3.63) is 62.3 Å². The van der Waals surface area contributed by atoms with Crippen molar-refractivity contribution in [2.75, 3.05) is 13.2 Å². The van der Waals surface area contributed by atoms with Crippen LogP contribution in [0.5, 0.6) is 0 Å². The largest absolute Gasteiger partial charge is 0.464 e. The van der Waals surface area contributed by atoms with Gasteiger partial charge in [-0.3, -0.25) is 0 Å². The van der Waals surface area contributed by atoms with Gasteiger partial charge >= 0.3 is 18.0 Å². The highest BCUT2D eigenvalue weighted by Gasteiger charge is 2.35. The summed E-state index contributed by atoms with van der Waals surface area (Å²) in [4.78, 5) is 37.6. The van der Waals surface area contributed by atoms with Crippen molar-refractivity contribution in [3.63, 3.8) is 0 Å². The van der Waals surface area contributed by atoms with E-state index in [-0.39, 0.29) is 24.5 Å². The molecule has 0 fully saturated rings. The number of hydrogen-bond acceptors (Lipinski definition) is 7. The van der Waals surface area contributed by atoms with Gasteiger partial charge in [-0.25, -0.2) is 14.4 Å². The predicted octanol–water partition coefficient (Wildman–Crippen LogP) is 3.73. The highest BCUT2D eigenvalue weighted by Crippen LogP contribution is 2.29. The van der Waals surface area contributed by atoms with Gasteiger partial charge < -0.3 is 24.5 Å². The summed E-state index contributed by atoms with van der Waals surface area (Å²) < 4.78 is 16.5. The van der Waals surface area contributed by atoms with Crippen LogP contribution in [0, 0.1) is 6.92 Å². The number of furan rings is 1. The number of carbonyl (C=O) groups is 3. The van der Waals surface area contributed by atoms with Gasteiger partial charge in [-0.2, -0.15) is 0 Å². The Bertz CT molecular complexity index is 1020. The zero-order chi connectivity index (χ0) is 21.7. The molecule has 3 rings (SSSR count). The second kappa shape index (κ2) is 9.64. The lowest BCUT2D eigenvalue weighted by Crippen LogP contribution is -2.47. The maximum Gasteiger partial charge on any atom is 0.338 e. The minimum absolute atomic E-state index is 0.104. The van der Waals surface area contributed by atoms with Crippen molar-refractivity contribution >= 4 is 47.0 Å². The minimum Gasteiger partial charge on any atom is -0.464 e. The third-order valence-electron chi connectivity index (χ3n) is 4.03. The number of thiophene rings is 1. The molecule has 2 aromatic rings. The van der Waals surface area contributed by atoms with Gasteiger partial charge in [0.2, 0.25) is 0 Å². The summed E-state index contributed by atoms with van der Waals surface area (Å²) in [7, 11) is 0. The first-order chi connectivity index (χ1) is 14.4. The number of halogens is 1. The lowest BCUT2D eigenvalue weighted by atomic mass is 10.0. The lowest BCUT2D eigenvalue weighted by Gasteiger charge is -2.27. The number of hydrogen-bond donors (Lipinski definition) is 2. The van der Waals surface area contributed by atoms with E-state index in [1.807, 2.05) is 0 Å². The van der Waals surface area contributed by atoms with Crippen LogP contribution in [0.15, 0.2) is 46.0 Å². The van der Waals surface area contributed by atoms with Crippen LogP contribution in [0.1, 0.15) is 29.4 Å². The van der Waals surface area contributed by atoms with Crippen LogP contribution in [0.25, 0.3) is 6.08 Å². The van der Waals surface area contributed by atoms with E-state index in [0.29, 0.717) is 15.9 Å². The summed E-state index contributed by atoms with van der Waals surface area (Å²) in [5, 5.41) is 5.15. The molecular weight excluding hydrogens is 432 g/mol. The Morgan fingerprint density at radius 3 is 2.70 bits per heavy atom. The molecule has 0 spiro atoms. The molecule has 0 bridgehead atoms. The normalized spacial score (nSPS) is 16.4. The maximum atomic E-state index is 12.6. The Labute approximate surface area is 181 Å². The molecule has 158 valence electrons. The molecule has 3 heterocycles. The van der Waals surface area contributed by atoms with E-state index >= 15 is 0 Å². The van der Waals surface area contributed by atoms with E-state index < -0.39 is 24.0 Å². The van der Waals surface area contributed by atoms with Crippen molar-refractivity contribution in [2.45, 2.75) is 19.9 Å². The molecule has 8 nitrogen and oxygen atoms in total. The second-order valence-electron chi connectivity index (χ2n) is 6.18. The first-order valence-corrected chi connectivity index (χ1v) is 10.2. The number of amides is 2. The van der Waals surface area contributed by atoms with Crippen LogP contribution in [-0.4, -0.2) is 31.2 Å². The number of nitrogens with one attached hydrogen (secondary N) is 2. The number of urea groups is 1. The summed E-state index contributed by atoms with van der Waals surface area (Å²) >= 11 is 7.16. The standard InChI is InChI=1S/C20H19ClN2O6S/c1-3-27-19(25)17-13(10-28-16(24)9-6-12-5-8-15(21)30-12)22-20(26)23-18(17)14-7-4-11(2)29-14/h4-9,18H,3,10H2,1-2H3,(H2,22,23,26)/b9-6+. The minimum atomic E-state index is -0.871. The highest BCUT2D eigenvalue weighted by molar-refractivity contribution is 7.17. The SMILES string of the molecule is CCOC(=O)C1=C(COC(=O)/C=C/c2ccc(Cl)s2)NC(=O)NC1c1ccc(C)o1. The Morgan fingerprint density at radius 1 is 1.27 bits per heavy atom. The number of aryl methyl sites for hydroxylation is 1. The van der Waals surface area contributed by atoms with Gasteiger partial charge in [0.05, 0.1) is 22.2 Å². The van der Waals surface area contributed by atoms with Gasteiger partial charge in [-0.05, 0) is 44.2 Å². The molecule has 0 radical (unpaired) electrons. The fourth-order valence-electron chi connectivity index (χ4n) is 2.76.